The Morgan fingerprint density at radius 1 is 1.37 bits per heavy atom. The lowest BCUT2D eigenvalue weighted by atomic mass is 10.1. The minimum Gasteiger partial charge on any atom is -0.468 e. The molecule has 1 rings (SSSR count). The molecule has 2 N–H and O–H groups in total. The summed E-state index contributed by atoms with van der Waals surface area (Å²) in [5, 5.41) is 3.08. The average molecular weight is 293 g/mol. The molecule has 8 heteroatoms. The van der Waals surface area contributed by atoms with Crippen LogP contribution < -0.4 is 10.0 Å². The monoisotopic (exact) mass is 293 g/mol. The Morgan fingerprint density at radius 3 is 2.42 bits per heavy atom. The molecule has 0 amide bonds. The molecule has 0 saturated carbocycles. The second-order valence-corrected chi connectivity index (χ2v) is 6.68. The number of esters is 1. The highest BCUT2D eigenvalue weighted by atomic mass is 32.2. The summed E-state index contributed by atoms with van der Waals surface area (Å²) < 4.78 is 32.8. The van der Waals surface area contributed by atoms with Crippen molar-refractivity contribution in [3.05, 3.63) is 0 Å². The molecule has 1 heterocycles. The minimum atomic E-state index is -3.64. The highest BCUT2D eigenvalue weighted by molar-refractivity contribution is 7.87. The van der Waals surface area contributed by atoms with Crippen LogP contribution in [-0.2, 0) is 19.7 Å². The van der Waals surface area contributed by atoms with Crippen LogP contribution >= 0.6 is 0 Å². The van der Waals surface area contributed by atoms with E-state index in [4.69, 9.17) is 0 Å². The van der Waals surface area contributed by atoms with Crippen molar-refractivity contribution in [1.29, 1.82) is 0 Å². The first kappa shape index (κ1) is 16.4. The van der Waals surface area contributed by atoms with Gasteiger partial charge < -0.3 is 10.1 Å². The van der Waals surface area contributed by atoms with E-state index < -0.39 is 22.2 Å². The molecule has 19 heavy (non-hydrogen) atoms. The standard InChI is InChI=1S/C11H23N3O4S/c1-9(2)8-10(11(15)18-3)13-19(16,17)14-6-4-12-5-7-14/h9-10,12-13H,4-8H2,1-3H3. The SMILES string of the molecule is COC(=O)C(CC(C)C)NS(=O)(=O)N1CCNCC1. The van der Waals surface area contributed by atoms with E-state index in [2.05, 4.69) is 14.8 Å². The Balaban J connectivity index is 2.73. The number of nitrogens with zero attached hydrogens (tertiary/aromatic N) is 1. The fraction of sp³-hybridized carbons (Fsp3) is 0.909. The van der Waals surface area contributed by atoms with Crippen molar-refractivity contribution < 1.29 is 17.9 Å². The van der Waals surface area contributed by atoms with Gasteiger partial charge in [-0.15, -0.1) is 0 Å². The zero-order valence-corrected chi connectivity index (χ0v) is 12.5. The lowest BCUT2D eigenvalue weighted by Crippen LogP contribution is -2.54. The maximum atomic E-state index is 12.2. The third-order valence-electron chi connectivity index (χ3n) is 2.90. The van der Waals surface area contributed by atoms with E-state index >= 15 is 0 Å². The lowest BCUT2D eigenvalue weighted by molar-refractivity contribution is -0.143. The molecule has 1 unspecified atom stereocenters. The molecular formula is C11H23N3O4S. The first-order chi connectivity index (χ1) is 8.86. The molecule has 7 nitrogen and oxygen atoms in total. The second kappa shape index (κ2) is 7.18. The number of rotatable bonds is 6. The van der Waals surface area contributed by atoms with Crippen molar-refractivity contribution >= 4 is 16.2 Å². The number of hydrogen-bond acceptors (Lipinski definition) is 5. The summed E-state index contributed by atoms with van der Waals surface area (Å²) >= 11 is 0. The molecule has 1 aliphatic rings. The third kappa shape index (κ3) is 5.06. The molecule has 1 atom stereocenters. The van der Waals surface area contributed by atoms with Gasteiger partial charge in [0.15, 0.2) is 0 Å². The number of carbonyl (C=O) groups is 1. The molecule has 1 fully saturated rings. The summed E-state index contributed by atoms with van der Waals surface area (Å²) in [5.41, 5.74) is 0. The highest BCUT2D eigenvalue weighted by Crippen LogP contribution is 2.09. The predicted molar refractivity (Wildman–Crippen MR) is 71.8 cm³/mol. The molecule has 0 aromatic carbocycles. The maximum Gasteiger partial charge on any atom is 0.323 e. The molecule has 0 bridgehead atoms. The summed E-state index contributed by atoms with van der Waals surface area (Å²) in [7, 11) is -2.38. The molecule has 0 aromatic rings. The summed E-state index contributed by atoms with van der Waals surface area (Å²) in [6.07, 6.45) is 0.415. The second-order valence-electron chi connectivity index (χ2n) is 4.98. The molecule has 0 aliphatic carbocycles. The Kier molecular flexibility index (Phi) is 6.18. The van der Waals surface area contributed by atoms with Gasteiger partial charge in [0.25, 0.3) is 10.2 Å². The van der Waals surface area contributed by atoms with Crippen LogP contribution in [-0.4, -0.2) is 58.0 Å². The van der Waals surface area contributed by atoms with Crippen molar-refractivity contribution in [3.63, 3.8) is 0 Å². The third-order valence-corrected chi connectivity index (χ3v) is 4.53. The van der Waals surface area contributed by atoms with Crippen LogP contribution in [0, 0.1) is 5.92 Å². The Hall–Kier alpha value is -0.700. The van der Waals surface area contributed by atoms with Crippen molar-refractivity contribution in [2.45, 2.75) is 26.3 Å². The maximum absolute atomic E-state index is 12.2. The van der Waals surface area contributed by atoms with Gasteiger partial charge in [-0.3, -0.25) is 4.79 Å². The van der Waals surface area contributed by atoms with E-state index in [0.717, 1.165) is 0 Å². The Morgan fingerprint density at radius 2 is 1.95 bits per heavy atom. The van der Waals surface area contributed by atoms with Crippen LogP contribution in [0.2, 0.25) is 0 Å². The molecule has 0 aromatic heterocycles. The smallest absolute Gasteiger partial charge is 0.323 e. The van der Waals surface area contributed by atoms with E-state index in [1.54, 1.807) is 0 Å². The van der Waals surface area contributed by atoms with Gasteiger partial charge in [-0.1, -0.05) is 13.8 Å². The van der Waals surface area contributed by atoms with Crippen molar-refractivity contribution in [2.75, 3.05) is 33.3 Å². The molecule has 0 radical (unpaired) electrons. The number of methoxy groups -OCH3 is 1. The van der Waals surface area contributed by atoms with Gasteiger partial charge in [0.2, 0.25) is 0 Å². The van der Waals surface area contributed by atoms with Gasteiger partial charge >= 0.3 is 5.97 Å². The van der Waals surface area contributed by atoms with Crippen molar-refractivity contribution in [1.82, 2.24) is 14.3 Å². The molecule has 0 spiro atoms. The van der Waals surface area contributed by atoms with Crippen LogP contribution in [0.4, 0.5) is 0 Å². The Bertz CT molecular complexity index is 391. The number of carbonyl (C=O) groups excluding carboxylic acids is 1. The first-order valence-corrected chi connectivity index (χ1v) is 7.86. The van der Waals surface area contributed by atoms with Crippen LogP contribution in [0.1, 0.15) is 20.3 Å². The van der Waals surface area contributed by atoms with E-state index in [9.17, 15) is 13.2 Å². The van der Waals surface area contributed by atoms with Crippen molar-refractivity contribution in [2.24, 2.45) is 5.92 Å². The zero-order valence-electron chi connectivity index (χ0n) is 11.7. The van der Waals surface area contributed by atoms with Crippen LogP contribution in [0.3, 0.4) is 0 Å². The average Bonchev–Trinajstić information content (AvgIpc) is 2.37. The van der Waals surface area contributed by atoms with Gasteiger partial charge in [-0.2, -0.15) is 17.4 Å². The summed E-state index contributed by atoms with van der Waals surface area (Å²) in [6, 6.07) is -0.829. The number of ether oxygens (including phenoxy) is 1. The molecule has 112 valence electrons. The van der Waals surface area contributed by atoms with Gasteiger partial charge in [0.1, 0.15) is 6.04 Å². The van der Waals surface area contributed by atoms with Gasteiger partial charge in [0.05, 0.1) is 7.11 Å². The minimum absolute atomic E-state index is 0.190. The number of nitrogens with one attached hydrogen (secondary N) is 2. The highest BCUT2D eigenvalue weighted by Gasteiger charge is 2.30. The summed E-state index contributed by atoms with van der Waals surface area (Å²) in [4.78, 5) is 11.6. The van der Waals surface area contributed by atoms with E-state index in [1.807, 2.05) is 13.8 Å². The van der Waals surface area contributed by atoms with Gasteiger partial charge in [0, 0.05) is 26.2 Å². The van der Waals surface area contributed by atoms with Crippen LogP contribution in [0.5, 0.6) is 0 Å². The normalized spacial score (nSPS) is 19.4. The predicted octanol–water partition coefficient (Wildman–Crippen LogP) is -0.686. The van der Waals surface area contributed by atoms with Gasteiger partial charge in [-0.25, -0.2) is 0 Å². The number of hydrogen-bond donors (Lipinski definition) is 2. The largest absolute Gasteiger partial charge is 0.468 e. The van der Waals surface area contributed by atoms with Crippen LogP contribution in [0.25, 0.3) is 0 Å². The van der Waals surface area contributed by atoms with E-state index in [0.29, 0.717) is 32.6 Å². The zero-order chi connectivity index (χ0) is 14.5. The topological polar surface area (TPSA) is 87.7 Å². The van der Waals surface area contributed by atoms with Gasteiger partial charge in [-0.05, 0) is 12.3 Å². The molecule has 1 aliphatic heterocycles. The molecule has 1 saturated heterocycles. The summed E-state index contributed by atoms with van der Waals surface area (Å²) in [5.74, 6) is -0.359. The summed E-state index contributed by atoms with van der Waals surface area (Å²) in [6.45, 7) is 5.90. The molecular weight excluding hydrogens is 270 g/mol. The first-order valence-electron chi connectivity index (χ1n) is 6.42. The fourth-order valence-electron chi connectivity index (χ4n) is 1.95. The van der Waals surface area contributed by atoms with Crippen molar-refractivity contribution in [3.8, 4) is 0 Å². The quantitative estimate of drug-likeness (QED) is 0.633. The lowest BCUT2D eigenvalue weighted by Gasteiger charge is -2.28. The number of piperazine rings is 1. The Labute approximate surface area is 114 Å². The fourth-order valence-corrected chi connectivity index (χ4v) is 3.31. The van der Waals surface area contributed by atoms with E-state index in [-0.39, 0.29) is 5.92 Å². The van der Waals surface area contributed by atoms with Crippen LogP contribution in [0.15, 0.2) is 0 Å². The van der Waals surface area contributed by atoms with E-state index in [1.165, 1.54) is 11.4 Å².